The largest absolute Gasteiger partial charge is 0.495 e. The lowest BCUT2D eigenvalue weighted by atomic mass is 9.83. The first-order valence-electron chi connectivity index (χ1n) is 16.4. The van der Waals surface area contributed by atoms with Crippen molar-refractivity contribution in [2.45, 2.75) is 95.2 Å². The average Bonchev–Trinajstić information content (AvgIpc) is 3.76. The summed E-state index contributed by atoms with van der Waals surface area (Å²) in [5.41, 5.74) is -0.903. The molecule has 4 bridgehead atoms. The Morgan fingerprint density at radius 3 is 2.62 bits per heavy atom. The van der Waals surface area contributed by atoms with Crippen LogP contribution in [0.1, 0.15) is 52.5 Å². The van der Waals surface area contributed by atoms with E-state index < -0.39 is 65.7 Å². The Balaban J connectivity index is 1.78. The van der Waals surface area contributed by atoms with Gasteiger partial charge in [0.05, 0.1) is 25.3 Å². The average molecular weight is 738 g/mol. The molecule has 0 aromatic heterocycles. The van der Waals surface area contributed by atoms with Crippen molar-refractivity contribution < 1.29 is 48.0 Å². The Bertz CT molecular complexity index is 1540. The SMILES string of the molecule is COc1cc2cc(c1Cl)N(C)C(=O)C[C@@H](OC(=O)[C@@H](C)N(C)C(=O)CCS)[C@@]1(C)O[C@@H]1[C@@H](C)[C@H]1C[C@](O)(NC(=O)O1)[C@@H](OC)/C=C/C=C(\C)C2. The summed E-state index contributed by atoms with van der Waals surface area (Å²) in [5, 5.41) is 14.4. The molecule has 8 atom stereocenters. The minimum Gasteiger partial charge on any atom is -0.495 e. The van der Waals surface area contributed by atoms with Crippen LogP contribution in [0.3, 0.4) is 0 Å². The highest BCUT2D eigenvalue weighted by Crippen LogP contribution is 2.49. The number of aliphatic hydroxyl groups is 1. The highest BCUT2D eigenvalue weighted by molar-refractivity contribution is 7.80. The van der Waals surface area contributed by atoms with Crippen LogP contribution in [-0.4, -0.2) is 110 Å². The maximum absolute atomic E-state index is 14.0. The molecule has 50 heavy (non-hydrogen) atoms. The van der Waals surface area contributed by atoms with Crippen LogP contribution >= 0.6 is 24.2 Å². The number of ether oxygens (including phenoxy) is 5. The second kappa shape index (κ2) is 15.9. The van der Waals surface area contributed by atoms with Gasteiger partial charge in [0.2, 0.25) is 11.8 Å². The predicted octanol–water partition coefficient (Wildman–Crippen LogP) is 3.83. The molecular weight excluding hydrogens is 690 g/mol. The number of hydrogen-bond donors (Lipinski definition) is 3. The van der Waals surface area contributed by atoms with Gasteiger partial charge in [-0.05, 0) is 50.6 Å². The van der Waals surface area contributed by atoms with E-state index in [-0.39, 0.29) is 30.2 Å². The number of likely N-dealkylation sites (N-methyl/N-ethyl adjacent to an activating group) is 1. The van der Waals surface area contributed by atoms with Gasteiger partial charge >= 0.3 is 12.1 Å². The molecule has 3 aliphatic heterocycles. The van der Waals surface area contributed by atoms with Gasteiger partial charge in [-0.25, -0.2) is 9.59 Å². The van der Waals surface area contributed by atoms with Crippen LogP contribution in [0.25, 0.3) is 0 Å². The van der Waals surface area contributed by atoms with Crippen LogP contribution in [0.5, 0.6) is 5.75 Å². The third-order valence-electron chi connectivity index (χ3n) is 9.85. The van der Waals surface area contributed by atoms with E-state index in [4.69, 9.17) is 35.3 Å². The van der Waals surface area contributed by atoms with Gasteiger partial charge < -0.3 is 38.6 Å². The van der Waals surface area contributed by atoms with Gasteiger partial charge in [0.15, 0.2) is 5.72 Å². The fourth-order valence-electron chi connectivity index (χ4n) is 6.49. The summed E-state index contributed by atoms with van der Waals surface area (Å²) in [6.45, 7) is 6.96. The van der Waals surface area contributed by atoms with Gasteiger partial charge in [-0.1, -0.05) is 42.3 Å². The summed E-state index contributed by atoms with van der Waals surface area (Å²) < 4.78 is 29.0. The molecule has 0 saturated carbocycles. The lowest BCUT2D eigenvalue weighted by Crippen LogP contribution is -2.63. The van der Waals surface area contributed by atoms with Crippen LogP contribution in [0.15, 0.2) is 35.9 Å². The number of halogens is 1. The molecule has 2 fully saturated rings. The number of epoxide rings is 1. The Kier molecular flexibility index (Phi) is 12.6. The first kappa shape index (κ1) is 39.5. The zero-order chi connectivity index (χ0) is 37.1. The molecule has 0 spiro atoms. The first-order valence-corrected chi connectivity index (χ1v) is 17.5. The first-order chi connectivity index (χ1) is 23.5. The van der Waals surface area contributed by atoms with E-state index in [1.807, 2.05) is 13.0 Å². The second-order valence-corrected chi connectivity index (χ2v) is 14.2. The van der Waals surface area contributed by atoms with Crippen molar-refractivity contribution >= 4 is 53.8 Å². The fourth-order valence-corrected chi connectivity index (χ4v) is 6.99. The van der Waals surface area contributed by atoms with E-state index in [0.29, 0.717) is 23.6 Å². The molecule has 0 radical (unpaired) electrons. The minimum absolute atomic E-state index is 0.0489. The Morgan fingerprint density at radius 2 is 1.98 bits per heavy atom. The number of nitrogens with one attached hydrogen (secondary N) is 1. The number of nitrogens with zero attached hydrogens (tertiary/aromatic N) is 2. The topological polar surface area (TPSA) is 156 Å². The van der Waals surface area contributed by atoms with Crippen molar-refractivity contribution in [3.63, 3.8) is 0 Å². The van der Waals surface area contributed by atoms with Crippen LogP contribution < -0.4 is 15.0 Å². The van der Waals surface area contributed by atoms with Crippen LogP contribution in [0.4, 0.5) is 10.5 Å². The van der Waals surface area contributed by atoms with Crippen LogP contribution in [0.2, 0.25) is 5.02 Å². The molecule has 3 heterocycles. The Hall–Kier alpha value is -3.30. The molecular formula is C35H48ClN3O10S. The molecule has 15 heteroatoms. The number of hydrogen-bond acceptors (Lipinski definition) is 11. The van der Waals surface area contributed by atoms with Gasteiger partial charge in [-0.3, -0.25) is 14.9 Å². The number of carbonyl (C=O) groups is 4. The van der Waals surface area contributed by atoms with Crippen molar-refractivity contribution in [2.24, 2.45) is 5.92 Å². The smallest absolute Gasteiger partial charge is 0.409 e. The minimum atomic E-state index is -1.82. The second-order valence-electron chi connectivity index (χ2n) is 13.4. The standard InChI is InChI=1S/C35H48ClN3O10S/c1-19-10-9-11-26(46-8)35(44)18-25(47-33(43)37-35)20(2)31-34(4,49-31)27(48-32(42)21(3)38(5)28(40)12-13-50)17-29(41)39(6)23-15-22(14-19)16-24(45-7)30(23)36/h9-11,15-16,20-21,25-27,31,44,50H,12-14,17-18H2,1-8H3,(H,37,43)/b11-9+,19-10+/t20-,21+,25+,26-,27+,31+,34+,35+/m0/s1. The summed E-state index contributed by atoms with van der Waals surface area (Å²) in [6, 6.07) is 2.60. The number of allylic oxidation sites excluding steroid dienone is 3. The molecule has 13 nitrogen and oxygen atoms in total. The zero-order valence-electron chi connectivity index (χ0n) is 29.7. The van der Waals surface area contributed by atoms with Gasteiger partial charge in [-0.15, -0.1) is 0 Å². The summed E-state index contributed by atoms with van der Waals surface area (Å²) in [5.74, 6) is -1.30. The third-order valence-corrected chi connectivity index (χ3v) is 10.5. The van der Waals surface area contributed by atoms with Crippen molar-refractivity contribution in [1.29, 1.82) is 0 Å². The number of fused-ring (bicyclic) bond motifs is 5. The summed E-state index contributed by atoms with van der Waals surface area (Å²) in [7, 11) is 5.98. The Labute approximate surface area is 303 Å². The zero-order valence-corrected chi connectivity index (χ0v) is 31.4. The quantitative estimate of drug-likeness (QED) is 0.214. The van der Waals surface area contributed by atoms with E-state index in [0.717, 1.165) is 11.1 Å². The number of alkyl carbamates (subject to hydrolysis) is 1. The molecule has 2 N–H and O–H groups in total. The van der Waals surface area contributed by atoms with Crippen LogP contribution in [0, 0.1) is 5.92 Å². The normalized spacial score (nSPS) is 32.3. The van der Waals surface area contributed by atoms with Crippen LogP contribution in [-0.2, 0) is 39.8 Å². The molecule has 4 rings (SSSR count). The maximum Gasteiger partial charge on any atom is 0.409 e. The molecule has 2 saturated heterocycles. The van der Waals surface area contributed by atoms with Crippen molar-refractivity contribution in [3.05, 3.63) is 46.5 Å². The highest BCUT2D eigenvalue weighted by Gasteiger charge is 2.64. The number of thiol groups is 1. The van der Waals surface area contributed by atoms with Crippen molar-refractivity contribution in [2.75, 3.05) is 39.0 Å². The van der Waals surface area contributed by atoms with Gasteiger partial charge in [-0.2, -0.15) is 12.6 Å². The molecule has 1 aromatic carbocycles. The molecule has 3 aliphatic rings. The molecule has 0 aliphatic carbocycles. The third kappa shape index (κ3) is 8.42. The fraction of sp³-hybridized carbons (Fsp3) is 0.600. The van der Waals surface area contributed by atoms with Crippen molar-refractivity contribution in [3.8, 4) is 5.75 Å². The van der Waals surface area contributed by atoms with Gasteiger partial charge in [0.25, 0.3) is 0 Å². The van der Waals surface area contributed by atoms with E-state index in [9.17, 15) is 24.3 Å². The molecule has 3 amide bonds. The van der Waals surface area contributed by atoms with E-state index in [1.54, 1.807) is 45.2 Å². The summed E-state index contributed by atoms with van der Waals surface area (Å²) in [4.78, 5) is 55.6. The number of methoxy groups -OCH3 is 2. The van der Waals surface area contributed by atoms with E-state index >= 15 is 0 Å². The van der Waals surface area contributed by atoms with E-state index in [2.05, 4.69) is 17.9 Å². The predicted molar refractivity (Wildman–Crippen MR) is 189 cm³/mol. The monoisotopic (exact) mass is 737 g/mol. The lowest BCUT2D eigenvalue weighted by Gasteiger charge is -2.42. The summed E-state index contributed by atoms with van der Waals surface area (Å²) >= 11 is 10.8. The highest BCUT2D eigenvalue weighted by atomic mass is 35.5. The molecule has 0 unspecified atom stereocenters. The number of carbonyl (C=O) groups excluding carboxylic acids is 4. The Morgan fingerprint density at radius 1 is 1.28 bits per heavy atom. The number of rotatable bonds is 7. The lowest BCUT2D eigenvalue weighted by molar-refractivity contribution is -0.161. The number of amides is 3. The molecule has 1 aromatic rings. The van der Waals surface area contributed by atoms with Gasteiger partial charge in [0, 0.05) is 40.0 Å². The molecule has 276 valence electrons. The van der Waals surface area contributed by atoms with E-state index in [1.165, 1.54) is 38.0 Å². The number of benzene rings is 1. The summed E-state index contributed by atoms with van der Waals surface area (Å²) in [6.07, 6.45) is 1.08. The maximum atomic E-state index is 14.0. The number of anilines is 1. The van der Waals surface area contributed by atoms with Gasteiger partial charge in [0.1, 0.15) is 40.7 Å². The number of esters is 1. The van der Waals surface area contributed by atoms with Crippen molar-refractivity contribution in [1.82, 2.24) is 10.2 Å².